The smallest absolute Gasteiger partial charge is 0.341 e. The predicted octanol–water partition coefficient (Wildman–Crippen LogP) is 7.00. The predicted molar refractivity (Wildman–Crippen MR) is 119 cm³/mol. The van der Waals surface area contributed by atoms with E-state index in [2.05, 4.69) is 26.6 Å². The first-order valence-electron chi connectivity index (χ1n) is 9.22. The molecule has 0 saturated heterocycles. The Morgan fingerprint density at radius 2 is 1.79 bits per heavy atom. The summed E-state index contributed by atoms with van der Waals surface area (Å²) in [7, 11) is 0. The Morgan fingerprint density at radius 1 is 1.06 bits per heavy atom. The minimum atomic E-state index is -4.83. The van der Waals surface area contributed by atoms with E-state index in [0.29, 0.717) is 43.8 Å². The van der Waals surface area contributed by atoms with E-state index in [-0.39, 0.29) is 11.3 Å². The molecule has 0 aromatic heterocycles. The van der Waals surface area contributed by atoms with Crippen molar-refractivity contribution < 1.29 is 27.2 Å². The second-order valence-electron chi connectivity index (χ2n) is 7.17. The Morgan fingerprint density at radius 3 is 2.48 bits per heavy atom. The van der Waals surface area contributed by atoms with Gasteiger partial charge in [-0.3, -0.25) is 9.59 Å². The summed E-state index contributed by atoms with van der Waals surface area (Å²) in [6.45, 7) is 0. The molecular formula is C22H11BrCl2F4N2O2. The molecule has 0 radical (unpaired) electrons. The van der Waals surface area contributed by atoms with Crippen molar-refractivity contribution in [1.29, 1.82) is 0 Å². The highest BCUT2D eigenvalue weighted by Crippen LogP contribution is 2.41. The van der Waals surface area contributed by atoms with Crippen LogP contribution in [0.3, 0.4) is 0 Å². The van der Waals surface area contributed by atoms with Gasteiger partial charge in [-0.2, -0.15) is 13.2 Å². The van der Waals surface area contributed by atoms with Gasteiger partial charge in [0.05, 0.1) is 11.6 Å². The number of anilines is 1. The van der Waals surface area contributed by atoms with Crippen molar-refractivity contribution in [1.82, 2.24) is 5.32 Å². The van der Waals surface area contributed by atoms with Gasteiger partial charge >= 0.3 is 6.18 Å². The minimum absolute atomic E-state index is 0.126. The van der Waals surface area contributed by atoms with Crippen molar-refractivity contribution in [3.8, 4) is 0 Å². The van der Waals surface area contributed by atoms with Crippen LogP contribution >= 0.6 is 39.1 Å². The normalized spacial score (nSPS) is 15.2. The maximum absolute atomic E-state index is 13.8. The van der Waals surface area contributed by atoms with Gasteiger partial charge in [0.1, 0.15) is 5.82 Å². The van der Waals surface area contributed by atoms with Crippen molar-refractivity contribution in [2.24, 2.45) is 0 Å². The summed E-state index contributed by atoms with van der Waals surface area (Å²) in [4.78, 5) is 25.4. The van der Waals surface area contributed by atoms with Gasteiger partial charge in [0.2, 0.25) is 0 Å². The van der Waals surface area contributed by atoms with E-state index >= 15 is 0 Å². The fourth-order valence-electron chi connectivity index (χ4n) is 3.55. The van der Waals surface area contributed by atoms with Crippen LogP contribution in [-0.2, 0) is 6.18 Å². The molecule has 33 heavy (non-hydrogen) atoms. The van der Waals surface area contributed by atoms with Crippen molar-refractivity contribution >= 4 is 56.6 Å². The van der Waals surface area contributed by atoms with E-state index < -0.39 is 41.0 Å². The molecule has 3 aromatic carbocycles. The summed E-state index contributed by atoms with van der Waals surface area (Å²) >= 11 is 15.6. The van der Waals surface area contributed by atoms with E-state index in [1.54, 1.807) is 18.2 Å². The Labute approximate surface area is 203 Å². The molecule has 3 aromatic rings. The highest BCUT2D eigenvalue weighted by Gasteiger charge is 2.35. The summed E-state index contributed by atoms with van der Waals surface area (Å²) < 4.78 is 53.4. The van der Waals surface area contributed by atoms with E-state index in [4.69, 9.17) is 23.2 Å². The van der Waals surface area contributed by atoms with Crippen molar-refractivity contribution in [2.45, 2.75) is 12.2 Å². The van der Waals surface area contributed by atoms with Crippen LogP contribution < -0.4 is 10.6 Å². The molecule has 2 amide bonds. The molecule has 11 heteroatoms. The van der Waals surface area contributed by atoms with Crippen LogP contribution in [0.15, 0.2) is 53.0 Å². The lowest BCUT2D eigenvalue weighted by Crippen LogP contribution is -2.21. The number of alkyl halides is 3. The summed E-state index contributed by atoms with van der Waals surface area (Å²) in [5.74, 6) is -2.65. The highest BCUT2D eigenvalue weighted by molar-refractivity contribution is 9.10. The van der Waals surface area contributed by atoms with Crippen LogP contribution in [0.2, 0.25) is 10.0 Å². The first kappa shape index (κ1) is 23.5. The van der Waals surface area contributed by atoms with Gasteiger partial charge in [-0.1, -0.05) is 39.1 Å². The maximum Gasteiger partial charge on any atom is 0.416 e. The zero-order valence-corrected chi connectivity index (χ0v) is 19.3. The molecular weight excluding hydrogens is 551 g/mol. The summed E-state index contributed by atoms with van der Waals surface area (Å²) in [6.07, 6.45) is -4.83. The zero-order valence-electron chi connectivity index (χ0n) is 16.2. The number of fused-ring (bicyclic) bond motifs is 1. The number of benzene rings is 3. The quantitative estimate of drug-likeness (QED) is 0.338. The van der Waals surface area contributed by atoms with E-state index in [0.717, 1.165) is 0 Å². The van der Waals surface area contributed by atoms with Crippen LogP contribution in [0, 0.1) is 5.82 Å². The molecule has 4 rings (SSSR count). The number of nitrogens with one attached hydrogen (secondary N) is 2. The monoisotopic (exact) mass is 560 g/mol. The second kappa shape index (κ2) is 8.62. The first-order valence-corrected chi connectivity index (χ1v) is 10.8. The molecule has 0 bridgehead atoms. The van der Waals surface area contributed by atoms with E-state index in [9.17, 15) is 27.2 Å². The highest BCUT2D eigenvalue weighted by atomic mass is 79.9. The third kappa shape index (κ3) is 4.71. The number of carbonyl (C=O) groups is 2. The second-order valence-corrected chi connectivity index (χ2v) is 8.93. The molecule has 1 aliphatic rings. The molecule has 0 saturated carbocycles. The van der Waals surface area contributed by atoms with Crippen LogP contribution in [0.4, 0.5) is 23.2 Å². The Kier molecular flexibility index (Phi) is 6.15. The molecule has 0 aliphatic carbocycles. The average Bonchev–Trinajstić information content (AvgIpc) is 3.05. The number of rotatable bonds is 3. The van der Waals surface area contributed by atoms with Crippen molar-refractivity contribution in [3.63, 3.8) is 0 Å². The van der Waals surface area contributed by atoms with Gasteiger partial charge in [-0.25, -0.2) is 4.39 Å². The Bertz CT molecular complexity index is 1310. The van der Waals surface area contributed by atoms with Crippen molar-refractivity contribution in [3.05, 3.63) is 96.7 Å². The molecule has 1 atom stereocenters. The zero-order chi connectivity index (χ0) is 24.1. The molecule has 1 heterocycles. The molecule has 1 unspecified atom stereocenters. The van der Waals surface area contributed by atoms with Crippen molar-refractivity contribution in [2.75, 3.05) is 5.32 Å². The summed E-state index contributed by atoms with van der Waals surface area (Å²) in [5, 5.41) is 5.91. The Balaban J connectivity index is 1.79. The average molecular weight is 562 g/mol. The summed E-state index contributed by atoms with van der Waals surface area (Å²) in [5.41, 5.74) is -0.692. The fraction of sp³-hybridized carbons (Fsp3) is 0.0909. The molecule has 0 spiro atoms. The van der Waals surface area contributed by atoms with E-state index in [1.807, 2.05) is 0 Å². The number of hydrogen-bond acceptors (Lipinski definition) is 2. The lowest BCUT2D eigenvalue weighted by Gasteiger charge is -2.18. The Hall–Kier alpha value is -2.62. The molecule has 1 aliphatic heterocycles. The first-order chi connectivity index (χ1) is 15.4. The third-order valence-electron chi connectivity index (χ3n) is 4.96. The van der Waals surface area contributed by atoms with Gasteiger partial charge in [0.15, 0.2) is 0 Å². The largest absolute Gasteiger partial charge is 0.416 e. The fourth-order valence-corrected chi connectivity index (χ4v) is 4.41. The molecule has 0 fully saturated rings. The van der Waals surface area contributed by atoms with Gasteiger partial charge < -0.3 is 10.6 Å². The van der Waals surface area contributed by atoms with Crippen LogP contribution in [0.25, 0.3) is 0 Å². The molecule has 2 N–H and O–H groups in total. The van der Waals surface area contributed by atoms with Gasteiger partial charge in [-0.15, -0.1) is 0 Å². The molecule has 170 valence electrons. The van der Waals surface area contributed by atoms with E-state index in [1.165, 1.54) is 12.1 Å². The van der Waals surface area contributed by atoms with Gasteiger partial charge in [0.25, 0.3) is 11.8 Å². The third-order valence-corrected chi connectivity index (χ3v) is 6.00. The SMILES string of the molecule is O=C(Nc1cc(Br)cc2c1C(c1cc(Cl)ccc1Cl)NC2=O)c1cc(F)cc(C(F)(F)F)c1. The lowest BCUT2D eigenvalue weighted by molar-refractivity contribution is -0.137. The van der Waals surface area contributed by atoms with Gasteiger partial charge in [0, 0.05) is 36.9 Å². The topological polar surface area (TPSA) is 58.2 Å². The number of hydrogen-bond donors (Lipinski definition) is 2. The minimum Gasteiger partial charge on any atom is -0.341 e. The number of amides is 2. The van der Waals surface area contributed by atoms with Crippen LogP contribution in [-0.4, -0.2) is 11.8 Å². The molecule has 4 nitrogen and oxygen atoms in total. The number of halogens is 7. The van der Waals surface area contributed by atoms with Crippen LogP contribution in [0.1, 0.15) is 43.4 Å². The summed E-state index contributed by atoms with van der Waals surface area (Å²) in [6, 6.07) is 8.43. The number of carbonyl (C=O) groups excluding carboxylic acids is 2. The van der Waals surface area contributed by atoms with Gasteiger partial charge in [-0.05, 0) is 54.1 Å². The van der Waals surface area contributed by atoms with Crippen LogP contribution in [0.5, 0.6) is 0 Å². The maximum atomic E-state index is 13.8. The standard InChI is InChI=1S/C22H11BrCl2F4N2O2/c23-11-6-15-18(19(31-21(15)33)14-8-12(24)1-2-16(14)25)17(7-11)30-20(32)9-3-10(22(27,28)29)5-13(26)4-9/h1-8,19H,(H,30,32)(H,31,33). The lowest BCUT2D eigenvalue weighted by atomic mass is 9.96.